The van der Waals surface area contributed by atoms with Crippen LogP contribution in [0.4, 0.5) is 0 Å². The summed E-state index contributed by atoms with van der Waals surface area (Å²) in [6, 6.07) is 0. The summed E-state index contributed by atoms with van der Waals surface area (Å²) in [7, 11) is -3.07. The molecule has 0 atom stereocenters. The zero-order valence-corrected chi connectivity index (χ0v) is 5.72. The molecule has 1 radical (unpaired) electrons. The lowest BCUT2D eigenvalue weighted by atomic mass is 10.6. The van der Waals surface area contributed by atoms with Crippen molar-refractivity contribution in [2.24, 2.45) is 0 Å². The van der Waals surface area contributed by atoms with E-state index in [1.807, 2.05) is 0 Å². The van der Waals surface area contributed by atoms with Crippen LogP contribution in [0.2, 0.25) is 0 Å². The van der Waals surface area contributed by atoms with Crippen LogP contribution < -0.4 is 5.32 Å². The molecule has 49 valence electrons. The Kier molecular flexibility index (Phi) is 1.32. The van der Waals surface area contributed by atoms with Gasteiger partial charge < -0.3 is 0 Å². The minimum Gasteiger partial charge on any atom is -0.245 e. The largest absolute Gasteiger partial charge is 0.245 e. The molecule has 0 bridgehead atoms. The molecule has 0 spiro atoms. The highest BCUT2D eigenvalue weighted by Gasteiger charge is 2.11. The maximum Gasteiger partial charge on any atom is 0.192 e. The highest BCUT2D eigenvalue weighted by molar-refractivity contribution is 7.94. The molecule has 0 N–H and O–H groups in total. The number of sulfone groups is 1. The van der Waals surface area contributed by atoms with Crippen LogP contribution in [-0.2, 0) is 9.84 Å². The SMILES string of the molecule is CS(=O)(=O)C1=CC=C[N]1. The number of rotatable bonds is 1. The number of nitrogens with zero attached hydrogens (tertiary/aromatic N) is 1. The average molecular weight is 144 g/mol. The van der Waals surface area contributed by atoms with E-state index in [1.165, 1.54) is 12.3 Å². The van der Waals surface area contributed by atoms with Gasteiger partial charge in [0.15, 0.2) is 14.9 Å². The van der Waals surface area contributed by atoms with Gasteiger partial charge in [-0.25, -0.2) is 13.7 Å². The molecule has 1 aliphatic rings. The molecule has 1 heterocycles. The van der Waals surface area contributed by atoms with Crippen LogP contribution in [0.15, 0.2) is 23.4 Å². The van der Waals surface area contributed by atoms with Crippen LogP contribution >= 0.6 is 0 Å². The lowest BCUT2D eigenvalue weighted by Crippen LogP contribution is -2.05. The minimum atomic E-state index is -3.07. The van der Waals surface area contributed by atoms with E-state index >= 15 is 0 Å². The molecule has 0 fully saturated rings. The third kappa shape index (κ3) is 1.32. The molecular weight excluding hydrogens is 138 g/mol. The van der Waals surface area contributed by atoms with Crippen LogP contribution in [0.1, 0.15) is 0 Å². The fourth-order valence-electron chi connectivity index (χ4n) is 0.504. The van der Waals surface area contributed by atoms with Gasteiger partial charge in [0.05, 0.1) is 0 Å². The summed E-state index contributed by atoms with van der Waals surface area (Å²) in [5.41, 5.74) is 0. The van der Waals surface area contributed by atoms with E-state index < -0.39 is 9.84 Å². The Morgan fingerprint density at radius 3 is 2.44 bits per heavy atom. The normalized spacial score (nSPS) is 17.2. The number of hydrogen-bond donors (Lipinski definition) is 0. The molecule has 0 unspecified atom stereocenters. The predicted molar refractivity (Wildman–Crippen MR) is 34.2 cm³/mol. The molecule has 1 rings (SSSR count). The Morgan fingerprint density at radius 2 is 2.22 bits per heavy atom. The van der Waals surface area contributed by atoms with Crippen LogP contribution in [0.3, 0.4) is 0 Å². The van der Waals surface area contributed by atoms with Crippen molar-refractivity contribution in [3.8, 4) is 0 Å². The van der Waals surface area contributed by atoms with Gasteiger partial charge in [0.1, 0.15) is 0 Å². The molecule has 0 aromatic carbocycles. The Labute approximate surface area is 54.0 Å². The highest BCUT2D eigenvalue weighted by Crippen LogP contribution is 2.06. The van der Waals surface area contributed by atoms with Crippen LogP contribution in [0.25, 0.3) is 0 Å². The van der Waals surface area contributed by atoms with Crippen LogP contribution in [-0.4, -0.2) is 14.7 Å². The summed E-state index contributed by atoms with van der Waals surface area (Å²) >= 11 is 0. The topological polar surface area (TPSA) is 48.2 Å². The van der Waals surface area contributed by atoms with Gasteiger partial charge in [-0.15, -0.1) is 0 Å². The molecule has 0 aromatic rings. The van der Waals surface area contributed by atoms with Gasteiger partial charge in [-0.1, -0.05) is 0 Å². The quantitative estimate of drug-likeness (QED) is 0.520. The summed E-state index contributed by atoms with van der Waals surface area (Å²) in [5.74, 6) is 0. The molecule has 1 aliphatic heterocycles. The van der Waals surface area contributed by atoms with Crippen molar-refractivity contribution in [3.63, 3.8) is 0 Å². The molecule has 4 heteroatoms. The zero-order chi connectivity index (χ0) is 6.91. The first-order valence-electron chi connectivity index (χ1n) is 2.38. The lowest BCUT2D eigenvalue weighted by Gasteiger charge is -1.93. The Bertz CT molecular complexity index is 261. The van der Waals surface area contributed by atoms with Gasteiger partial charge in [-0.2, -0.15) is 0 Å². The smallest absolute Gasteiger partial charge is 0.192 e. The summed E-state index contributed by atoms with van der Waals surface area (Å²) in [4.78, 5) is 0. The van der Waals surface area contributed by atoms with Crippen LogP contribution in [0, 0.1) is 0 Å². The van der Waals surface area contributed by atoms with Gasteiger partial charge in [-0.3, -0.25) is 0 Å². The van der Waals surface area contributed by atoms with Crippen LogP contribution in [0.5, 0.6) is 0 Å². The van der Waals surface area contributed by atoms with E-state index in [1.54, 1.807) is 6.08 Å². The second kappa shape index (κ2) is 1.88. The monoisotopic (exact) mass is 144 g/mol. The fourth-order valence-corrected chi connectivity index (χ4v) is 1.08. The van der Waals surface area contributed by atoms with Crippen molar-refractivity contribution < 1.29 is 8.42 Å². The first kappa shape index (κ1) is 6.35. The lowest BCUT2D eigenvalue weighted by molar-refractivity contribution is 0.605. The second-order valence-corrected chi connectivity index (χ2v) is 3.71. The number of allylic oxidation sites excluding steroid dienone is 2. The maximum absolute atomic E-state index is 10.6. The van der Waals surface area contributed by atoms with Gasteiger partial charge in [0.2, 0.25) is 0 Å². The van der Waals surface area contributed by atoms with Crippen molar-refractivity contribution >= 4 is 9.84 Å². The third-order valence-corrected chi connectivity index (χ3v) is 1.91. The Balaban J connectivity index is 2.92. The summed E-state index contributed by atoms with van der Waals surface area (Å²) in [6.45, 7) is 0. The van der Waals surface area contributed by atoms with E-state index in [0.29, 0.717) is 0 Å². The predicted octanol–water partition coefficient (Wildman–Crippen LogP) is 0.00410. The van der Waals surface area contributed by atoms with Crippen molar-refractivity contribution in [2.75, 3.05) is 6.26 Å². The second-order valence-electron chi connectivity index (χ2n) is 1.75. The average Bonchev–Trinajstić information content (AvgIpc) is 2.08. The molecule has 0 aliphatic carbocycles. The summed E-state index contributed by atoms with van der Waals surface area (Å²) in [5, 5.41) is 3.74. The minimum absolute atomic E-state index is 0.141. The highest BCUT2D eigenvalue weighted by atomic mass is 32.2. The fraction of sp³-hybridized carbons (Fsp3) is 0.200. The molecule has 0 amide bonds. The molecule has 0 saturated carbocycles. The van der Waals surface area contributed by atoms with Gasteiger partial charge in [0.25, 0.3) is 0 Å². The zero-order valence-electron chi connectivity index (χ0n) is 4.90. The van der Waals surface area contributed by atoms with E-state index in [4.69, 9.17) is 0 Å². The molecule has 3 nitrogen and oxygen atoms in total. The van der Waals surface area contributed by atoms with Crippen molar-refractivity contribution in [3.05, 3.63) is 23.4 Å². The van der Waals surface area contributed by atoms with Gasteiger partial charge in [-0.05, 0) is 12.2 Å². The van der Waals surface area contributed by atoms with E-state index in [0.717, 1.165) is 6.26 Å². The van der Waals surface area contributed by atoms with Gasteiger partial charge >= 0.3 is 0 Å². The third-order valence-electron chi connectivity index (χ3n) is 0.907. The molecule has 0 saturated heterocycles. The van der Waals surface area contributed by atoms with Crippen molar-refractivity contribution in [1.29, 1.82) is 0 Å². The molecule has 9 heavy (non-hydrogen) atoms. The van der Waals surface area contributed by atoms with E-state index in [-0.39, 0.29) is 5.03 Å². The first-order chi connectivity index (χ1) is 4.11. The van der Waals surface area contributed by atoms with Crippen molar-refractivity contribution in [2.45, 2.75) is 0 Å². The molecular formula is C5H6NO2S. The summed E-state index contributed by atoms with van der Waals surface area (Å²) < 4.78 is 21.3. The Hall–Kier alpha value is -0.770. The molecule has 0 aromatic heterocycles. The summed E-state index contributed by atoms with van der Waals surface area (Å²) in [6.07, 6.45) is 5.65. The maximum atomic E-state index is 10.6. The first-order valence-corrected chi connectivity index (χ1v) is 4.27. The standard InChI is InChI=1S/C5H6NO2S/c1-9(7,8)5-3-2-4-6-5/h2-4H,1H3. The number of hydrogen-bond acceptors (Lipinski definition) is 2. The van der Waals surface area contributed by atoms with Crippen molar-refractivity contribution in [1.82, 2.24) is 5.32 Å². The van der Waals surface area contributed by atoms with E-state index in [9.17, 15) is 8.42 Å². The van der Waals surface area contributed by atoms with E-state index in [2.05, 4.69) is 5.32 Å². The Morgan fingerprint density at radius 1 is 1.56 bits per heavy atom. The van der Waals surface area contributed by atoms with Gasteiger partial charge in [0, 0.05) is 12.5 Å².